The summed E-state index contributed by atoms with van der Waals surface area (Å²) in [6, 6.07) is 9.48. The van der Waals surface area contributed by atoms with Crippen molar-refractivity contribution in [3.05, 3.63) is 35.9 Å². The van der Waals surface area contributed by atoms with Gasteiger partial charge < -0.3 is 16.0 Å². The Bertz CT molecular complexity index is 539. The molecule has 3 N–H and O–H groups in total. The number of nitrogens with zero attached hydrogens (tertiary/aromatic N) is 1. The van der Waals surface area contributed by atoms with Crippen molar-refractivity contribution >= 4 is 24.2 Å². The fourth-order valence-electron chi connectivity index (χ4n) is 3.17. The van der Waals surface area contributed by atoms with Crippen molar-refractivity contribution in [1.82, 2.24) is 10.2 Å². The van der Waals surface area contributed by atoms with E-state index in [2.05, 4.69) is 5.32 Å². The van der Waals surface area contributed by atoms with Crippen molar-refractivity contribution in [3.8, 4) is 0 Å². The highest BCUT2D eigenvalue weighted by Gasteiger charge is 2.25. The highest BCUT2D eigenvalue weighted by atomic mass is 35.5. The third-order valence-corrected chi connectivity index (χ3v) is 4.56. The third-order valence-electron chi connectivity index (χ3n) is 4.56. The zero-order valence-electron chi connectivity index (χ0n) is 14.9. The molecular formula is C19H30ClN3O2. The van der Waals surface area contributed by atoms with Crippen LogP contribution in [0.2, 0.25) is 0 Å². The second kappa shape index (κ2) is 11.1. The number of halogens is 1. The van der Waals surface area contributed by atoms with Gasteiger partial charge in [-0.15, -0.1) is 12.4 Å². The molecule has 140 valence electrons. The van der Waals surface area contributed by atoms with E-state index in [9.17, 15) is 9.59 Å². The van der Waals surface area contributed by atoms with Crippen LogP contribution >= 0.6 is 12.4 Å². The van der Waals surface area contributed by atoms with Gasteiger partial charge in [0.05, 0.1) is 0 Å². The van der Waals surface area contributed by atoms with Gasteiger partial charge in [-0.2, -0.15) is 0 Å². The number of nitrogens with two attached hydrogens (primary N) is 1. The van der Waals surface area contributed by atoms with Crippen LogP contribution in [0.4, 0.5) is 0 Å². The Morgan fingerprint density at radius 1 is 1.32 bits per heavy atom. The van der Waals surface area contributed by atoms with Crippen LogP contribution in [-0.2, 0) is 9.59 Å². The Morgan fingerprint density at radius 3 is 2.72 bits per heavy atom. The van der Waals surface area contributed by atoms with E-state index in [1.807, 2.05) is 42.2 Å². The predicted octanol–water partition coefficient (Wildman–Crippen LogP) is 2.65. The number of piperidine rings is 1. The van der Waals surface area contributed by atoms with Gasteiger partial charge >= 0.3 is 0 Å². The molecule has 0 aromatic heterocycles. The summed E-state index contributed by atoms with van der Waals surface area (Å²) in [6.07, 6.45) is 3.81. The summed E-state index contributed by atoms with van der Waals surface area (Å²) in [4.78, 5) is 26.0. The van der Waals surface area contributed by atoms with E-state index in [0.717, 1.165) is 31.4 Å². The second-order valence-corrected chi connectivity index (χ2v) is 6.62. The summed E-state index contributed by atoms with van der Waals surface area (Å²) in [5, 5.41) is 2.98. The number of carbonyl (C=O) groups excluding carboxylic acids is 2. The van der Waals surface area contributed by atoms with E-state index < -0.39 is 0 Å². The van der Waals surface area contributed by atoms with Crippen LogP contribution in [0.15, 0.2) is 30.3 Å². The first-order chi connectivity index (χ1) is 11.6. The molecule has 2 rings (SSSR count). The quantitative estimate of drug-likeness (QED) is 0.777. The Balaban J connectivity index is 0.00000312. The van der Waals surface area contributed by atoms with Crippen LogP contribution in [0.25, 0.3) is 0 Å². The highest BCUT2D eigenvalue weighted by Crippen LogP contribution is 2.20. The number of nitrogens with one attached hydrogen (secondary N) is 1. The first kappa shape index (κ1) is 21.5. The van der Waals surface area contributed by atoms with Crippen LogP contribution in [-0.4, -0.2) is 36.3 Å². The molecule has 1 saturated heterocycles. The van der Waals surface area contributed by atoms with E-state index in [0.29, 0.717) is 31.8 Å². The largest absolute Gasteiger partial charge is 0.356 e. The van der Waals surface area contributed by atoms with E-state index in [-0.39, 0.29) is 30.3 Å². The fourth-order valence-corrected chi connectivity index (χ4v) is 3.17. The van der Waals surface area contributed by atoms with Crippen molar-refractivity contribution in [1.29, 1.82) is 0 Å². The predicted molar refractivity (Wildman–Crippen MR) is 102 cm³/mol. The lowest BCUT2D eigenvalue weighted by atomic mass is 9.96. The standard InChI is InChI=1S/C19H29N3O2.ClH/c1-2-7-18(23)21-13-15-8-6-11-22(14-15)19(24)12-17(20)16-9-4-3-5-10-16;/h3-5,9-10,15,17H,2,6-8,11-14,20H2,1H3,(H,21,23);1H. The van der Waals surface area contributed by atoms with E-state index in [1.54, 1.807) is 0 Å². The van der Waals surface area contributed by atoms with Crippen molar-refractivity contribution in [2.45, 2.75) is 45.1 Å². The fraction of sp³-hybridized carbons (Fsp3) is 0.579. The molecule has 0 saturated carbocycles. The molecule has 1 aliphatic heterocycles. The zero-order valence-corrected chi connectivity index (χ0v) is 15.8. The molecule has 2 atom stereocenters. The van der Waals surface area contributed by atoms with Crippen LogP contribution < -0.4 is 11.1 Å². The van der Waals surface area contributed by atoms with Crippen LogP contribution in [0.3, 0.4) is 0 Å². The molecule has 1 aliphatic rings. The number of carbonyl (C=O) groups is 2. The monoisotopic (exact) mass is 367 g/mol. The molecule has 2 amide bonds. The number of benzene rings is 1. The third kappa shape index (κ3) is 7.04. The molecule has 1 aromatic rings. The number of amides is 2. The molecule has 1 fully saturated rings. The van der Waals surface area contributed by atoms with E-state index in [1.165, 1.54) is 0 Å². The van der Waals surface area contributed by atoms with Gasteiger partial charge in [0.25, 0.3) is 0 Å². The minimum absolute atomic E-state index is 0. The average Bonchev–Trinajstić information content (AvgIpc) is 2.61. The SMILES string of the molecule is CCCC(=O)NCC1CCCN(C(=O)CC(N)c2ccccc2)C1.Cl. The van der Waals surface area contributed by atoms with Crippen molar-refractivity contribution < 1.29 is 9.59 Å². The summed E-state index contributed by atoms with van der Waals surface area (Å²) in [5.74, 6) is 0.555. The molecule has 6 heteroatoms. The van der Waals surface area contributed by atoms with Gasteiger partial charge in [-0.3, -0.25) is 9.59 Å². The maximum Gasteiger partial charge on any atom is 0.224 e. The van der Waals surface area contributed by atoms with Gasteiger partial charge in [-0.25, -0.2) is 0 Å². The van der Waals surface area contributed by atoms with Crippen LogP contribution in [0, 0.1) is 5.92 Å². The van der Waals surface area contributed by atoms with Crippen molar-refractivity contribution in [3.63, 3.8) is 0 Å². The summed E-state index contributed by atoms with van der Waals surface area (Å²) in [6.45, 7) is 4.16. The molecule has 25 heavy (non-hydrogen) atoms. The molecule has 1 heterocycles. The molecule has 0 spiro atoms. The van der Waals surface area contributed by atoms with Crippen LogP contribution in [0.5, 0.6) is 0 Å². The van der Waals surface area contributed by atoms with Crippen molar-refractivity contribution in [2.24, 2.45) is 11.7 Å². The van der Waals surface area contributed by atoms with Gasteiger partial charge in [0.1, 0.15) is 0 Å². The molecule has 1 aromatic carbocycles. The molecule has 5 nitrogen and oxygen atoms in total. The van der Waals surface area contributed by atoms with Gasteiger partial charge in [0, 0.05) is 38.5 Å². The van der Waals surface area contributed by atoms with Gasteiger partial charge in [0.2, 0.25) is 11.8 Å². The summed E-state index contributed by atoms with van der Waals surface area (Å²) in [5.41, 5.74) is 7.16. The Hall–Kier alpha value is -1.59. The molecule has 2 unspecified atom stereocenters. The maximum atomic E-state index is 12.5. The molecular weight excluding hydrogens is 338 g/mol. The Kier molecular flexibility index (Phi) is 9.53. The summed E-state index contributed by atoms with van der Waals surface area (Å²) >= 11 is 0. The summed E-state index contributed by atoms with van der Waals surface area (Å²) in [7, 11) is 0. The second-order valence-electron chi connectivity index (χ2n) is 6.62. The zero-order chi connectivity index (χ0) is 17.4. The molecule has 0 bridgehead atoms. The lowest BCUT2D eigenvalue weighted by Crippen LogP contribution is -2.44. The molecule has 0 aliphatic carbocycles. The normalized spacial score (nSPS) is 18.2. The first-order valence-corrected chi connectivity index (χ1v) is 8.95. The minimum atomic E-state index is -0.261. The average molecular weight is 368 g/mol. The van der Waals surface area contributed by atoms with E-state index in [4.69, 9.17) is 5.73 Å². The van der Waals surface area contributed by atoms with Gasteiger partial charge in [-0.1, -0.05) is 37.3 Å². The van der Waals surface area contributed by atoms with Gasteiger partial charge in [0.15, 0.2) is 0 Å². The number of hydrogen-bond donors (Lipinski definition) is 2. The Labute approximate surface area is 156 Å². The van der Waals surface area contributed by atoms with Gasteiger partial charge in [-0.05, 0) is 30.7 Å². The maximum absolute atomic E-state index is 12.5. The number of rotatable bonds is 7. The number of hydrogen-bond acceptors (Lipinski definition) is 3. The first-order valence-electron chi connectivity index (χ1n) is 8.95. The lowest BCUT2D eigenvalue weighted by molar-refractivity contribution is -0.133. The topological polar surface area (TPSA) is 75.4 Å². The lowest BCUT2D eigenvalue weighted by Gasteiger charge is -2.33. The Morgan fingerprint density at radius 2 is 2.04 bits per heavy atom. The van der Waals surface area contributed by atoms with Crippen LogP contribution in [0.1, 0.15) is 50.6 Å². The highest BCUT2D eigenvalue weighted by molar-refractivity contribution is 5.85. The molecule has 0 radical (unpaired) electrons. The van der Waals surface area contributed by atoms with Crippen molar-refractivity contribution in [2.75, 3.05) is 19.6 Å². The number of likely N-dealkylation sites (tertiary alicyclic amines) is 1. The minimum Gasteiger partial charge on any atom is -0.356 e. The van der Waals surface area contributed by atoms with E-state index >= 15 is 0 Å². The smallest absolute Gasteiger partial charge is 0.224 e. The summed E-state index contributed by atoms with van der Waals surface area (Å²) < 4.78 is 0.